The fraction of sp³-hybridized carbons (Fsp3) is 0.579. The van der Waals surface area contributed by atoms with E-state index in [4.69, 9.17) is 0 Å². The predicted octanol–water partition coefficient (Wildman–Crippen LogP) is 3.42. The summed E-state index contributed by atoms with van der Waals surface area (Å²) in [6, 6.07) is 5.99. The van der Waals surface area contributed by atoms with Gasteiger partial charge in [0.25, 0.3) is 0 Å². The second kappa shape index (κ2) is 6.34. The molecular weight excluding hydrogens is 288 g/mol. The molecule has 4 heteroatoms. The molecule has 2 aliphatic rings. The van der Waals surface area contributed by atoms with E-state index in [1.807, 2.05) is 30.9 Å². The van der Waals surface area contributed by atoms with Gasteiger partial charge in [-0.1, -0.05) is 18.9 Å². The first-order chi connectivity index (χ1) is 11.0. The summed E-state index contributed by atoms with van der Waals surface area (Å²) < 4.78 is 0. The van der Waals surface area contributed by atoms with E-state index in [1.165, 1.54) is 12.8 Å². The standard InChI is InChI=1S/C19H26N2O2/c1-14-11-15(2)13-16(12-14)20-17(22)19(7-8-19)18(23)21-9-5-3-4-6-10-21/h11-13H,3-10H2,1-2H3,(H,20,22). The maximum absolute atomic E-state index is 12.9. The largest absolute Gasteiger partial charge is 0.342 e. The molecule has 0 spiro atoms. The van der Waals surface area contributed by atoms with Crippen molar-refractivity contribution in [2.24, 2.45) is 5.41 Å². The monoisotopic (exact) mass is 314 g/mol. The molecular formula is C19H26N2O2. The molecule has 2 amide bonds. The highest BCUT2D eigenvalue weighted by Gasteiger charge is 2.57. The lowest BCUT2D eigenvalue weighted by molar-refractivity contribution is -0.142. The highest BCUT2D eigenvalue weighted by Crippen LogP contribution is 2.48. The second-order valence-electron chi connectivity index (χ2n) is 7.12. The van der Waals surface area contributed by atoms with Gasteiger partial charge in [-0.05, 0) is 62.8 Å². The average Bonchev–Trinajstić information content (AvgIpc) is 3.31. The van der Waals surface area contributed by atoms with Crippen LogP contribution < -0.4 is 5.32 Å². The Morgan fingerprint density at radius 3 is 2.04 bits per heavy atom. The molecule has 1 aromatic carbocycles. The highest BCUT2D eigenvalue weighted by atomic mass is 16.2. The van der Waals surface area contributed by atoms with Crippen molar-refractivity contribution in [3.05, 3.63) is 29.3 Å². The maximum Gasteiger partial charge on any atom is 0.240 e. The first-order valence-corrected chi connectivity index (χ1v) is 8.70. The lowest BCUT2D eigenvalue weighted by atomic mass is 10.0. The molecule has 1 N–H and O–H groups in total. The number of likely N-dealkylation sites (tertiary alicyclic amines) is 1. The van der Waals surface area contributed by atoms with Crippen molar-refractivity contribution in [1.29, 1.82) is 0 Å². The summed E-state index contributed by atoms with van der Waals surface area (Å²) in [4.78, 5) is 27.5. The van der Waals surface area contributed by atoms with Crippen LogP contribution in [0.15, 0.2) is 18.2 Å². The molecule has 0 bridgehead atoms. The Morgan fingerprint density at radius 1 is 0.957 bits per heavy atom. The van der Waals surface area contributed by atoms with Gasteiger partial charge < -0.3 is 10.2 Å². The van der Waals surface area contributed by atoms with E-state index in [0.717, 1.165) is 42.7 Å². The minimum absolute atomic E-state index is 0.0428. The summed E-state index contributed by atoms with van der Waals surface area (Å²) >= 11 is 0. The zero-order chi connectivity index (χ0) is 16.4. The van der Waals surface area contributed by atoms with Crippen LogP contribution in [-0.4, -0.2) is 29.8 Å². The minimum atomic E-state index is -0.804. The zero-order valence-electron chi connectivity index (χ0n) is 14.2. The quantitative estimate of drug-likeness (QED) is 0.869. The van der Waals surface area contributed by atoms with Crippen LogP contribution in [0, 0.1) is 19.3 Å². The third-order valence-corrected chi connectivity index (χ3v) is 4.97. The number of hydrogen-bond acceptors (Lipinski definition) is 2. The van der Waals surface area contributed by atoms with Gasteiger partial charge in [-0.15, -0.1) is 0 Å². The van der Waals surface area contributed by atoms with Gasteiger partial charge in [0.1, 0.15) is 5.41 Å². The first kappa shape index (κ1) is 16.0. The molecule has 0 unspecified atom stereocenters. The summed E-state index contributed by atoms with van der Waals surface area (Å²) in [5.74, 6) is -0.0852. The summed E-state index contributed by atoms with van der Waals surface area (Å²) in [6.07, 6.45) is 5.84. The van der Waals surface area contributed by atoms with Gasteiger partial charge in [0.05, 0.1) is 0 Å². The smallest absolute Gasteiger partial charge is 0.240 e. The highest BCUT2D eigenvalue weighted by molar-refractivity contribution is 6.13. The van der Waals surface area contributed by atoms with E-state index in [9.17, 15) is 9.59 Å². The van der Waals surface area contributed by atoms with Gasteiger partial charge >= 0.3 is 0 Å². The number of anilines is 1. The summed E-state index contributed by atoms with van der Waals surface area (Å²) in [6.45, 7) is 5.63. The Bertz CT molecular complexity index is 592. The van der Waals surface area contributed by atoms with E-state index in [0.29, 0.717) is 12.8 Å². The van der Waals surface area contributed by atoms with E-state index in [1.54, 1.807) is 0 Å². The summed E-state index contributed by atoms with van der Waals surface area (Å²) in [5.41, 5.74) is 2.22. The molecule has 4 nitrogen and oxygen atoms in total. The van der Waals surface area contributed by atoms with Crippen molar-refractivity contribution in [3.8, 4) is 0 Å². The second-order valence-corrected chi connectivity index (χ2v) is 7.12. The van der Waals surface area contributed by atoms with Gasteiger partial charge in [-0.25, -0.2) is 0 Å². The molecule has 1 aliphatic heterocycles. The van der Waals surface area contributed by atoms with Crippen molar-refractivity contribution in [2.45, 2.75) is 52.4 Å². The number of amides is 2. The average molecular weight is 314 g/mol. The SMILES string of the molecule is Cc1cc(C)cc(NC(=O)C2(C(=O)N3CCCCCC3)CC2)c1. The number of hydrogen-bond donors (Lipinski definition) is 1. The van der Waals surface area contributed by atoms with Crippen LogP contribution in [-0.2, 0) is 9.59 Å². The van der Waals surface area contributed by atoms with Crippen LogP contribution >= 0.6 is 0 Å². The number of rotatable bonds is 3. The first-order valence-electron chi connectivity index (χ1n) is 8.70. The molecule has 1 heterocycles. The Labute approximate surface area is 138 Å². The minimum Gasteiger partial charge on any atom is -0.342 e. The Morgan fingerprint density at radius 2 is 1.52 bits per heavy atom. The lowest BCUT2D eigenvalue weighted by Gasteiger charge is -2.25. The van der Waals surface area contributed by atoms with Crippen LogP contribution in [0.3, 0.4) is 0 Å². The fourth-order valence-electron chi connectivity index (χ4n) is 3.54. The number of benzene rings is 1. The number of carbonyl (C=O) groups is 2. The molecule has 0 atom stereocenters. The third-order valence-electron chi connectivity index (χ3n) is 4.97. The van der Waals surface area contributed by atoms with Crippen LogP contribution in [0.5, 0.6) is 0 Å². The molecule has 124 valence electrons. The van der Waals surface area contributed by atoms with Crippen molar-refractivity contribution in [2.75, 3.05) is 18.4 Å². The summed E-state index contributed by atoms with van der Waals surface area (Å²) in [7, 11) is 0. The van der Waals surface area contributed by atoms with Gasteiger partial charge in [-0.2, -0.15) is 0 Å². The molecule has 3 rings (SSSR count). The van der Waals surface area contributed by atoms with Crippen LogP contribution in [0.25, 0.3) is 0 Å². The number of aryl methyl sites for hydroxylation is 2. The molecule has 0 aromatic heterocycles. The number of carbonyl (C=O) groups excluding carboxylic acids is 2. The van der Waals surface area contributed by atoms with E-state index < -0.39 is 5.41 Å². The molecule has 1 aliphatic carbocycles. The zero-order valence-corrected chi connectivity index (χ0v) is 14.2. The Kier molecular flexibility index (Phi) is 4.42. The Hall–Kier alpha value is -1.84. The number of nitrogens with one attached hydrogen (secondary N) is 1. The summed E-state index contributed by atoms with van der Waals surface area (Å²) in [5, 5.41) is 2.98. The predicted molar refractivity (Wildman–Crippen MR) is 91.3 cm³/mol. The van der Waals surface area contributed by atoms with Crippen LogP contribution in [0.4, 0.5) is 5.69 Å². The fourth-order valence-corrected chi connectivity index (χ4v) is 3.54. The van der Waals surface area contributed by atoms with Crippen molar-refractivity contribution >= 4 is 17.5 Å². The molecule has 1 saturated heterocycles. The normalized spacial score (nSPS) is 19.8. The molecule has 1 aromatic rings. The maximum atomic E-state index is 12.9. The van der Waals surface area contributed by atoms with Crippen molar-refractivity contribution in [3.63, 3.8) is 0 Å². The molecule has 0 radical (unpaired) electrons. The molecule has 23 heavy (non-hydrogen) atoms. The molecule has 2 fully saturated rings. The van der Waals surface area contributed by atoms with Crippen LogP contribution in [0.2, 0.25) is 0 Å². The van der Waals surface area contributed by atoms with Crippen molar-refractivity contribution < 1.29 is 9.59 Å². The van der Waals surface area contributed by atoms with Gasteiger partial charge in [0, 0.05) is 18.8 Å². The third kappa shape index (κ3) is 3.41. The molecule has 1 saturated carbocycles. The van der Waals surface area contributed by atoms with Gasteiger partial charge in [-0.3, -0.25) is 9.59 Å². The Balaban J connectivity index is 1.71. The van der Waals surface area contributed by atoms with Crippen LogP contribution in [0.1, 0.15) is 49.7 Å². The van der Waals surface area contributed by atoms with E-state index in [-0.39, 0.29) is 11.8 Å². The van der Waals surface area contributed by atoms with Gasteiger partial charge in [0.2, 0.25) is 11.8 Å². The lowest BCUT2D eigenvalue weighted by Crippen LogP contribution is -2.43. The van der Waals surface area contributed by atoms with E-state index >= 15 is 0 Å². The van der Waals surface area contributed by atoms with Gasteiger partial charge in [0.15, 0.2) is 0 Å². The van der Waals surface area contributed by atoms with Crippen molar-refractivity contribution in [1.82, 2.24) is 4.90 Å². The van der Waals surface area contributed by atoms with E-state index in [2.05, 4.69) is 11.4 Å². The topological polar surface area (TPSA) is 49.4 Å². The number of nitrogens with zero attached hydrogens (tertiary/aromatic N) is 1.